The van der Waals surface area contributed by atoms with Gasteiger partial charge < -0.3 is 24.6 Å². The maximum atomic E-state index is 12.6. The minimum absolute atomic E-state index is 0.0677. The van der Waals surface area contributed by atoms with Crippen LogP contribution in [0.15, 0.2) is 24.5 Å². The SMILES string of the molecule is COc1ncnc(OC)c1C(=O)Nc1ccc(OCC(=O)O)cc1C. The lowest BCUT2D eigenvalue weighted by atomic mass is 10.1. The number of nitrogens with one attached hydrogen (secondary N) is 1. The van der Waals surface area contributed by atoms with E-state index in [-0.39, 0.29) is 17.3 Å². The Hall–Kier alpha value is -3.36. The number of methoxy groups -OCH3 is 2. The molecule has 0 fully saturated rings. The van der Waals surface area contributed by atoms with Crippen LogP contribution in [-0.4, -0.2) is 47.8 Å². The highest BCUT2D eigenvalue weighted by molar-refractivity contribution is 6.07. The Morgan fingerprint density at radius 1 is 1.16 bits per heavy atom. The van der Waals surface area contributed by atoms with Crippen molar-refractivity contribution in [3.05, 3.63) is 35.7 Å². The van der Waals surface area contributed by atoms with Crippen LogP contribution in [0.4, 0.5) is 5.69 Å². The second-order valence-electron chi connectivity index (χ2n) is 4.88. The fourth-order valence-corrected chi connectivity index (χ4v) is 2.05. The van der Waals surface area contributed by atoms with E-state index in [1.165, 1.54) is 20.5 Å². The standard InChI is InChI=1S/C16H17N3O6/c1-9-6-10(25-7-12(20)21)4-5-11(9)19-14(22)13-15(23-2)17-8-18-16(13)24-3/h4-6,8H,7H2,1-3H3,(H,19,22)(H,20,21). The van der Waals surface area contributed by atoms with Crippen LogP contribution in [-0.2, 0) is 4.79 Å². The summed E-state index contributed by atoms with van der Waals surface area (Å²) in [6.45, 7) is 1.31. The number of carboxylic acids is 1. The summed E-state index contributed by atoms with van der Waals surface area (Å²) in [7, 11) is 2.77. The van der Waals surface area contributed by atoms with Crippen LogP contribution in [0.25, 0.3) is 0 Å². The van der Waals surface area contributed by atoms with Gasteiger partial charge in [0.15, 0.2) is 12.2 Å². The Morgan fingerprint density at radius 2 is 1.80 bits per heavy atom. The normalized spacial score (nSPS) is 10.0. The third-order valence-electron chi connectivity index (χ3n) is 3.20. The zero-order valence-electron chi connectivity index (χ0n) is 13.9. The quantitative estimate of drug-likeness (QED) is 0.773. The Bertz CT molecular complexity index is 771. The number of carboxylic acid groups (broad SMARTS) is 1. The molecular formula is C16H17N3O6. The minimum atomic E-state index is -1.07. The van der Waals surface area contributed by atoms with Gasteiger partial charge >= 0.3 is 5.97 Å². The lowest BCUT2D eigenvalue weighted by molar-refractivity contribution is -0.139. The molecule has 25 heavy (non-hydrogen) atoms. The summed E-state index contributed by atoms with van der Waals surface area (Å²) in [6, 6.07) is 4.78. The first-order valence-corrected chi connectivity index (χ1v) is 7.15. The molecule has 0 unspecified atom stereocenters. The van der Waals surface area contributed by atoms with Crippen molar-refractivity contribution >= 4 is 17.6 Å². The molecule has 0 bridgehead atoms. The van der Waals surface area contributed by atoms with E-state index in [0.717, 1.165) is 0 Å². The van der Waals surface area contributed by atoms with E-state index in [1.807, 2.05) is 0 Å². The molecule has 9 heteroatoms. The van der Waals surface area contributed by atoms with E-state index in [0.29, 0.717) is 17.0 Å². The second-order valence-corrected chi connectivity index (χ2v) is 4.88. The van der Waals surface area contributed by atoms with Gasteiger partial charge in [-0.3, -0.25) is 4.79 Å². The molecule has 9 nitrogen and oxygen atoms in total. The number of carbonyl (C=O) groups excluding carboxylic acids is 1. The highest BCUT2D eigenvalue weighted by Gasteiger charge is 2.21. The number of hydrogen-bond donors (Lipinski definition) is 2. The van der Waals surface area contributed by atoms with Crippen LogP contribution in [0, 0.1) is 6.92 Å². The maximum Gasteiger partial charge on any atom is 0.341 e. The zero-order chi connectivity index (χ0) is 18.4. The molecule has 132 valence electrons. The Labute approximate surface area is 143 Å². The number of benzene rings is 1. The monoisotopic (exact) mass is 347 g/mol. The van der Waals surface area contributed by atoms with E-state index in [9.17, 15) is 9.59 Å². The van der Waals surface area contributed by atoms with Crippen molar-refractivity contribution in [1.29, 1.82) is 0 Å². The van der Waals surface area contributed by atoms with Crippen LogP contribution in [0.1, 0.15) is 15.9 Å². The van der Waals surface area contributed by atoms with Crippen molar-refractivity contribution in [2.75, 3.05) is 26.1 Å². The average molecular weight is 347 g/mol. The van der Waals surface area contributed by atoms with Gasteiger partial charge in [0, 0.05) is 5.69 Å². The molecule has 1 aromatic heterocycles. The van der Waals surface area contributed by atoms with E-state index >= 15 is 0 Å². The largest absolute Gasteiger partial charge is 0.482 e. The van der Waals surface area contributed by atoms with E-state index in [2.05, 4.69) is 15.3 Å². The second kappa shape index (κ2) is 7.95. The smallest absolute Gasteiger partial charge is 0.341 e. The van der Waals surface area contributed by atoms with Crippen LogP contribution in [0.5, 0.6) is 17.5 Å². The molecule has 2 aromatic rings. The average Bonchev–Trinajstić information content (AvgIpc) is 2.60. The third-order valence-corrected chi connectivity index (χ3v) is 3.20. The Balaban J connectivity index is 2.22. The van der Waals surface area contributed by atoms with Crippen molar-refractivity contribution in [3.63, 3.8) is 0 Å². The molecule has 1 heterocycles. The van der Waals surface area contributed by atoms with Gasteiger partial charge in [-0.25, -0.2) is 14.8 Å². The predicted molar refractivity (Wildman–Crippen MR) is 87.4 cm³/mol. The van der Waals surface area contributed by atoms with Crippen LogP contribution >= 0.6 is 0 Å². The van der Waals surface area contributed by atoms with Crippen LogP contribution < -0.4 is 19.5 Å². The summed E-state index contributed by atoms with van der Waals surface area (Å²) in [5, 5.41) is 11.3. The third kappa shape index (κ3) is 4.34. The first-order chi connectivity index (χ1) is 12.0. The molecule has 1 aromatic carbocycles. The molecule has 0 atom stereocenters. The summed E-state index contributed by atoms with van der Waals surface area (Å²) in [4.78, 5) is 30.9. The molecule has 1 amide bonds. The van der Waals surface area contributed by atoms with E-state index in [4.69, 9.17) is 19.3 Å². The fraction of sp³-hybridized carbons (Fsp3) is 0.250. The summed E-state index contributed by atoms with van der Waals surface area (Å²) in [6.07, 6.45) is 1.23. The number of aryl methyl sites for hydroxylation is 1. The van der Waals surface area contributed by atoms with Crippen molar-refractivity contribution in [3.8, 4) is 17.5 Å². The molecule has 0 saturated heterocycles. The molecule has 0 aliphatic heterocycles. The summed E-state index contributed by atoms with van der Waals surface area (Å²) < 4.78 is 15.3. The minimum Gasteiger partial charge on any atom is -0.482 e. The van der Waals surface area contributed by atoms with Gasteiger partial charge in [-0.1, -0.05) is 0 Å². The Kier molecular flexibility index (Phi) is 5.72. The molecule has 0 aliphatic carbocycles. The maximum absolute atomic E-state index is 12.6. The van der Waals surface area contributed by atoms with Gasteiger partial charge in [-0.15, -0.1) is 0 Å². The van der Waals surface area contributed by atoms with Gasteiger partial charge in [0.25, 0.3) is 5.91 Å². The van der Waals surface area contributed by atoms with Gasteiger partial charge in [-0.2, -0.15) is 0 Å². The molecule has 0 spiro atoms. The van der Waals surface area contributed by atoms with Crippen LogP contribution in [0.2, 0.25) is 0 Å². The highest BCUT2D eigenvalue weighted by Crippen LogP contribution is 2.26. The number of aromatic nitrogens is 2. The van der Waals surface area contributed by atoms with Gasteiger partial charge in [0.1, 0.15) is 12.1 Å². The lowest BCUT2D eigenvalue weighted by Crippen LogP contribution is -2.16. The van der Waals surface area contributed by atoms with E-state index < -0.39 is 18.5 Å². The number of aliphatic carboxylic acids is 1. The highest BCUT2D eigenvalue weighted by atomic mass is 16.5. The number of ether oxygens (including phenoxy) is 3. The summed E-state index contributed by atoms with van der Waals surface area (Å²) in [5.74, 6) is -1.02. The van der Waals surface area contributed by atoms with Gasteiger partial charge in [-0.05, 0) is 30.7 Å². The van der Waals surface area contributed by atoms with Gasteiger partial charge in [0.2, 0.25) is 11.8 Å². The van der Waals surface area contributed by atoms with Crippen LogP contribution in [0.3, 0.4) is 0 Å². The first kappa shape index (κ1) is 18.0. The zero-order valence-corrected chi connectivity index (χ0v) is 13.9. The van der Waals surface area contributed by atoms with Gasteiger partial charge in [0.05, 0.1) is 14.2 Å². The van der Waals surface area contributed by atoms with Crippen molar-refractivity contribution < 1.29 is 28.9 Å². The molecule has 0 saturated carbocycles. The fourth-order valence-electron chi connectivity index (χ4n) is 2.05. The number of anilines is 1. The molecule has 2 rings (SSSR count). The lowest BCUT2D eigenvalue weighted by Gasteiger charge is -2.13. The number of nitrogens with zero attached hydrogens (tertiary/aromatic N) is 2. The summed E-state index contributed by atoms with van der Waals surface area (Å²) >= 11 is 0. The molecular weight excluding hydrogens is 330 g/mol. The number of rotatable bonds is 7. The van der Waals surface area contributed by atoms with Crippen molar-refractivity contribution in [2.24, 2.45) is 0 Å². The number of amides is 1. The predicted octanol–water partition coefficient (Wildman–Crippen LogP) is 1.52. The topological polar surface area (TPSA) is 120 Å². The summed E-state index contributed by atoms with van der Waals surface area (Å²) in [5.41, 5.74) is 1.27. The van der Waals surface area contributed by atoms with Crippen molar-refractivity contribution in [2.45, 2.75) is 6.92 Å². The molecule has 0 radical (unpaired) electrons. The number of hydrogen-bond acceptors (Lipinski definition) is 7. The van der Waals surface area contributed by atoms with E-state index in [1.54, 1.807) is 25.1 Å². The Morgan fingerprint density at radius 3 is 2.32 bits per heavy atom. The number of carbonyl (C=O) groups is 2. The molecule has 0 aliphatic rings. The molecule has 2 N–H and O–H groups in total. The van der Waals surface area contributed by atoms with Crippen molar-refractivity contribution in [1.82, 2.24) is 9.97 Å². The first-order valence-electron chi connectivity index (χ1n) is 7.15.